The van der Waals surface area contributed by atoms with Crippen molar-refractivity contribution in [1.29, 1.82) is 0 Å². The van der Waals surface area contributed by atoms with Gasteiger partial charge in [0.25, 0.3) is 11.5 Å². The quantitative estimate of drug-likeness (QED) is 0.296. The normalized spacial score (nSPS) is 16.3. The highest BCUT2D eigenvalue weighted by Crippen LogP contribution is 2.41. The highest BCUT2D eigenvalue weighted by atomic mass is 16.5. The van der Waals surface area contributed by atoms with Crippen molar-refractivity contribution in [1.82, 2.24) is 24.4 Å². The second-order valence-corrected chi connectivity index (χ2v) is 11.1. The first-order chi connectivity index (χ1) is 19.6. The third-order valence-electron chi connectivity index (χ3n) is 8.18. The number of carbonyl (C=O) groups excluding carboxylic acids is 1. The molecular weight excluding hydrogens is 506 g/mol. The van der Waals surface area contributed by atoms with Crippen molar-refractivity contribution >= 4 is 16.9 Å². The molecular formula is C31H35N5O4. The summed E-state index contributed by atoms with van der Waals surface area (Å²) in [5.74, 6) is 0.409. The molecule has 6 rings (SSSR count). The van der Waals surface area contributed by atoms with E-state index in [1.165, 1.54) is 0 Å². The first kappa shape index (κ1) is 26.3. The standard InChI is InChI=1S/C31H35N5O4/c37-18-17-35(20-22-10-11-22)30(39)26-27(40-21-23-7-2-1-3-8-23)29(38)34-25(33-26)19-31(13-4-5-14-31)36-16-12-24-9-6-15-32-28(24)36/h1-3,6-9,12,15-16,22,37H,4-5,10-11,13-14,17-21H2,(H,33,34,38). The maximum Gasteiger partial charge on any atom is 0.294 e. The van der Waals surface area contributed by atoms with E-state index in [4.69, 9.17) is 9.72 Å². The molecule has 0 bridgehead atoms. The van der Waals surface area contributed by atoms with Gasteiger partial charge in [0.15, 0.2) is 5.69 Å². The van der Waals surface area contributed by atoms with Gasteiger partial charge < -0.3 is 24.3 Å². The first-order valence-corrected chi connectivity index (χ1v) is 14.2. The average Bonchev–Trinajstić information content (AvgIpc) is 3.48. The van der Waals surface area contributed by atoms with E-state index in [2.05, 4.69) is 26.8 Å². The minimum atomic E-state index is -0.469. The molecule has 40 heavy (non-hydrogen) atoms. The number of aromatic amines is 1. The molecule has 0 unspecified atom stereocenters. The van der Waals surface area contributed by atoms with Crippen LogP contribution in [0.5, 0.6) is 5.75 Å². The number of amides is 1. The number of hydrogen-bond acceptors (Lipinski definition) is 6. The Morgan fingerprint density at radius 3 is 2.67 bits per heavy atom. The molecule has 9 nitrogen and oxygen atoms in total. The number of nitrogens with zero attached hydrogens (tertiary/aromatic N) is 4. The van der Waals surface area contributed by atoms with E-state index < -0.39 is 5.56 Å². The zero-order valence-electron chi connectivity index (χ0n) is 22.6. The summed E-state index contributed by atoms with van der Waals surface area (Å²) in [6, 6.07) is 15.6. The van der Waals surface area contributed by atoms with Crippen molar-refractivity contribution < 1.29 is 14.6 Å². The lowest BCUT2D eigenvalue weighted by Crippen LogP contribution is -2.38. The van der Waals surface area contributed by atoms with Crippen molar-refractivity contribution in [3.8, 4) is 5.75 Å². The molecule has 2 aliphatic rings. The molecule has 0 spiro atoms. The van der Waals surface area contributed by atoms with E-state index in [1.54, 1.807) is 11.1 Å². The highest BCUT2D eigenvalue weighted by molar-refractivity contribution is 5.95. The van der Waals surface area contributed by atoms with Crippen LogP contribution in [0.25, 0.3) is 11.0 Å². The summed E-state index contributed by atoms with van der Waals surface area (Å²) in [5.41, 5.74) is 1.02. The van der Waals surface area contributed by atoms with Gasteiger partial charge >= 0.3 is 0 Å². The Hall–Kier alpha value is -3.98. The van der Waals surface area contributed by atoms with Gasteiger partial charge in [-0.2, -0.15) is 0 Å². The summed E-state index contributed by atoms with van der Waals surface area (Å²) < 4.78 is 8.20. The van der Waals surface area contributed by atoms with Gasteiger partial charge in [0.1, 0.15) is 18.1 Å². The number of pyridine rings is 1. The molecule has 2 saturated carbocycles. The van der Waals surface area contributed by atoms with Gasteiger partial charge in [-0.05, 0) is 55.4 Å². The topological polar surface area (TPSA) is 113 Å². The Bertz CT molecular complexity index is 1540. The van der Waals surface area contributed by atoms with Crippen molar-refractivity contribution in [3.05, 3.63) is 88.4 Å². The molecule has 0 aliphatic heterocycles. The van der Waals surface area contributed by atoms with Crippen LogP contribution < -0.4 is 10.3 Å². The minimum Gasteiger partial charge on any atom is -0.481 e. The molecule has 9 heteroatoms. The number of H-pyrrole nitrogens is 1. The second-order valence-electron chi connectivity index (χ2n) is 11.1. The fourth-order valence-corrected chi connectivity index (χ4v) is 5.96. The minimum absolute atomic E-state index is 0.00687. The van der Waals surface area contributed by atoms with Crippen LogP contribution in [0.4, 0.5) is 0 Å². The van der Waals surface area contributed by atoms with E-state index in [9.17, 15) is 14.7 Å². The van der Waals surface area contributed by atoms with Gasteiger partial charge in [-0.1, -0.05) is 43.2 Å². The number of ether oxygens (including phenoxy) is 1. The van der Waals surface area contributed by atoms with Gasteiger partial charge in [0.2, 0.25) is 5.75 Å². The number of rotatable bonds is 11. The fourth-order valence-electron chi connectivity index (χ4n) is 5.96. The largest absolute Gasteiger partial charge is 0.481 e. The highest BCUT2D eigenvalue weighted by Gasteiger charge is 2.38. The molecule has 4 aromatic rings. The predicted octanol–water partition coefficient (Wildman–Crippen LogP) is 4.06. The Morgan fingerprint density at radius 1 is 1.12 bits per heavy atom. The van der Waals surface area contributed by atoms with E-state index >= 15 is 0 Å². The van der Waals surface area contributed by atoms with Crippen LogP contribution in [-0.2, 0) is 18.6 Å². The molecule has 2 N–H and O–H groups in total. The van der Waals surface area contributed by atoms with Crippen LogP contribution in [0, 0.1) is 5.92 Å². The average molecular weight is 542 g/mol. The van der Waals surface area contributed by atoms with Gasteiger partial charge in [0, 0.05) is 37.3 Å². The van der Waals surface area contributed by atoms with Crippen LogP contribution >= 0.6 is 0 Å². The van der Waals surface area contributed by atoms with Crippen molar-refractivity contribution in [2.24, 2.45) is 5.92 Å². The number of hydrogen-bond donors (Lipinski definition) is 2. The summed E-state index contributed by atoms with van der Waals surface area (Å²) in [5, 5.41) is 10.8. The molecule has 1 amide bonds. The molecule has 208 valence electrons. The van der Waals surface area contributed by atoms with E-state index in [1.807, 2.05) is 42.5 Å². The molecule has 2 aliphatic carbocycles. The number of nitrogens with one attached hydrogen (secondary N) is 1. The van der Waals surface area contributed by atoms with Gasteiger partial charge in [-0.3, -0.25) is 9.59 Å². The smallest absolute Gasteiger partial charge is 0.294 e. The SMILES string of the molecule is O=C(c1nc(CC2(n3ccc4cccnc43)CCCC2)[nH]c(=O)c1OCc1ccccc1)N(CCO)CC1CC1. The molecule has 2 fully saturated rings. The number of fused-ring (bicyclic) bond motifs is 1. The third-order valence-corrected chi connectivity index (χ3v) is 8.18. The van der Waals surface area contributed by atoms with Crippen LogP contribution in [0.15, 0.2) is 65.7 Å². The summed E-state index contributed by atoms with van der Waals surface area (Å²) in [6.07, 6.45) is 10.4. The van der Waals surface area contributed by atoms with Crippen LogP contribution in [-0.4, -0.2) is 55.1 Å². The zero-order chi connectivity index (χ0) is 27.5. The van der Waals surface area contributed by atoms with Crippen molar-refractivity contribution in [2.75, 3.05) is 19.7 Å². The fraction of sp³-hybridized carbons (Fsp3) is 0.419. The second kappa shape index (κ2) is 11.3. The molecule has 0 radical (unpaired) electrons. The van der Waals surface area contributed by atoms with Gasteiger partial charge in [-0.25, -0.2) is 9.97 Å². The maximum atomic E-state index is 13.9. The molecule has 1 aromatic carbocycles. The van der Waals surface area contributed by atoms with Crippen molar-refractivity contribution in [2.45, 2.75) is 57.1 Å². The monoisotopic (exact) mass is 541 g/mol. The van der Waals surface area contributed by atoms with Gasteiger partial charge in [-0.15, -0.1) is 0 Å². The molecule has 0 atom stereocenters. The Labute approximate surface area is 232 Å². The third kappa shape index (κ3) is 5.38. The van der Waals surface area contributed by atoms with E-state index in [0.717, 1.165) is 55.1 Å². The predicted molar refractivity (Wildman–Crippen MR) is 151 cm³/mol. The summed E-state index contributed by atoms with van der Waals surface area (Å²) in [7, 11) is 0. The van der Waals surface area contributed by atoms with Gasteiger partial charge in [0.05, 0.1) is 12.1 Å². The summed E-state index contributed by atoms with van der Waals surface area (Å²) in [6.45, 7) is 0.693. The van der Waals surface area contributed by atoms with Crippen LogP contribution in [0.2, 0.25) is 0 Å². The summed E-state index contributed by atoms with van der Waals surface area (Å²) in [4.78, 5) is 41.4. The van der Waals surface area contributed by atoms with Crippen LogP contribution in [0.1, 0.15) is 60.4 Å². The molecule has 3 heterocycles. The first-order valence-electron chi connectivity index (χ1n) is 14.2. The summed E-state index contributed by atoms with van der Waals surface area (Å²) >= 11 is 0. The lowest BCUT2D eigenvalue weighted by atomic mass is 9.92. The Balaban J connectivity index is 1.38. The number of carbonyl (C=O) groups is 1. The van der Waals surface area contributed by atoms with Crippen molar-refractivity contribution in [3.63, 3.8) is 0 Å². The number of aromatic nitrogens is 4. The maximum absolute atomic E-state index is 13.9. The zero-order valence-corrected chi connectivity index (χ0v) is 22.6. The number of aliphatic hydroxyl groups excluding tert-OH is 1. The van der Waals surface area contributed by atoms with E-state index in [0.29, 0.717) is 24.7 Å². The lowest BCUT2D eigenvalue weighted by Gasteiger charge is -2.31. The molecule has 3 aromatic heterocycles. The van der Waals surface area contributed by atoms with Crippen LogP contribution in [0.3, 0.4) is 0 Å². The Kier molecular flexibility index (Phi) is 7.38. The van der Waals surface area contributed by atoms with E-state index in [-0.39, 0.29) is 42.6 Å². The lowest BCUT2D eigenvalue weighted by molar-refractivity contribution is 0.0700. The number of aliphatic hydroxyl groups is 1. The molecule has 0 saturated heterocycles. The number of benzene rings is 1. The Morgan fingerprint density at radius 2 is 1.93 bits per heavy atom.